The normalized spacial score (nSPS) is 16.5. The van der Waals surface area contributed by atoms with Crippen LogP contribution in [-0.4, -0.2) is 36.4 Å². The average Bonchev–Trinajstić information content (AvgIpc) is 2.48. The fourth-order valence-electron chi connectivity index (χ4n) is 2.45. The highest BCUT2D eigenvalue weighted by molar-refractivity contribution is 5.92. The minimum absolute atomic E-state index is 0.465. The van der Waals surface area contributed by atoms with Crippen LogP contribution in [-0.2, 0) is 0 Å². The number of piperidine rings is 1. The quantitative estimate of drug-likeness (QED) is 0.879. The molecule has 3 rings (SSSR count). The molecule has 2 N–H and O–H groups in total. The van der Waals surface area contributed by atoms with E-state index >= 15 is 0 Å². The largest absolute Gasteiger partial charge is 0.497 e. The van der Waals surface area contributed by atoms with Gasteiger partial charge in [0.25, 0.3) is 0 Å². The minimum atomic E-state index is 0.465. The summed E-state index contributed by atoms with van der Waals surface area (Å²) in [5, 5.41) is 17.3. The van der Waals surface area contributed by atoms with E-state index in [1.54, 1.807) is 13.3 Å². The third-order valence-electron chi connectivity index (χ3n) is 3.55. The predicted octanol–water partition coefficient (Wildman–Crippen LogP) is 1.80. The van der Waals surface area contributed by atoms with Crippen LogP contribution in [0, 0.1) is 0 Å². The topological polar surface area (TPSA) is 59.1 Å². The van der Waals surface area contributed by atoms with Crippen LogP contribution in [0.25, 0.3) is 10.8 Å². The molecule has 19 heavy (non-hydrogen) atoms. The number of anilines is 1. The number of nitrogens with zero attached hydrogens (tertiary/aromatic N) is 2. The number of hydrogen-bond donors (Lipinski definition) is 2. The van der Waals surface area contributed by atoms with E-state index in [0.717, 1.165) is 48.3 Å². The number of ether oxygens (including phenoxy) is 1. The summed E-state index contributed by atoms with van der Waals surface area (Å²) in [6.45, 7) is 2.11. The highest BCUT2D eigenvalue weighted by Gasteiger charge is 2.14. The zero-order chi connectivity index (χ0) is 13.1. The van der Waals surface area contributed by atoms with Crippen molar-refractivity contribution in [1.29, 1.82) is 0 Å². The fourth-order valence-corrected chi connectivity index (χ4v) is 2.45. The highest BCUT2D eigenvalue weighted by Crippen LogP contribution is 2.26. The van der Waals surface area contributed by atoms with Gasteiger partial charge in [-0.1, -0.05) is 0 Å². The number of fused-ring (bicyclic) bond motifs is 1. The van der Waals surface area contributed by atoms with Gasteiger partial charge in [-0.15, -0.1) is 5.10 Å². The Kier molecular flexibility index (Phi) is 3.46. The molecule has 1 aromatic heterocycles. The third-order valence-corrected chi connectivity index (χ3v) is 3.55. The Bertz CT molecular complexity index is 566. The van der Waals surface area contributed by atoms with Gasteiger partial charge in [-0.2, -0.15) is 5.10 Å². The van der Waals surface area contributed by atoms with E-state index in [0.29, 0.717) is 6.04 Å². The van der Waals surface area contributed by atoms with Gasteiger partial charge in [0.05, 0.1) is 13.3 Å². The molecule has 2 aromatic rings. The van der Waals surface area contributed by atoms with Gasteiger partial charge < -0.3 is 15.4 Å². The molecular formula is C14H18N4O. The van der Waals surface area contributed by atoms with Crippen LogP contribution < -0.4 is 15.4 Å². The summed E-state index contributed by atoms with van der Waals surface area (Å²) in [6.07, 6.45) is 4.01. The highest BCUT2D eigenvalue weighted by atomic mass is 16.5. The number of hydrogen-bond acceptors (Lipinski definition) is 5. The summed E-state index contributed by atoms with van der Waals surface area (Å²) in [4.78, 5) is 0. The molecule has 0 spiro atoms. The molecule has 0 amide bonds. The summed E-state index contributed by atoms with van der Waals surface area (Å²) >= 11 is 0. The molecule has 0 bridgehead atoms. The maximum Gasteiger partial charge on any atom is 0.156 e. The summed E-state index contributed by atoms with van der Waals surface area (Å²) in [5.74, 6) is 1.69. The summed E-state index contributed by atoms with van der Waals surface area (Å²) in [6, 6.07) is 6.43. The molecule has 1 aromatic carbocycles. The van der Waals surface area contributed by atoms with E-state index < -0.39 is 0 Å². The minimum Gasteiger partial charge on any atom is -0.497 e. The van der Waals surface area contributed by atoms with Crippen molar-refractivity contribution in [2.24, 2.45) is 0 Å². The van der Waals surface area contributed by atoms with Gasteiger partial charge in [-0.3, -0.25) is 0 Å². The zero-order valence-electron chi connectivity index (χ0n) is 11.0. The van der Waals surface area contributed by atoms with Gasteiger partial charge in [0, 0.05) is 16.8 Å². The second-order valence-electron chi connectivity index (χ2n) is 4.81. The van der Waals surface area contributed by atoms with Crippen molar-refractivity contribution in [3.05, 3.63) is 24.4 Å². The van der Waals surface area contributed by atoms with Gasteiger partial charge in [0.1, 0.15) is 5.75 Å². The van der Waals surface area contributed by atoms with Crippen LogP contribution in [0.15, 0.2) is 24.4 Å². The van der Waals surface area contributed by atoms with E-state index in [9.17, 15) is 0 Å². The molecule has 5 heteroatoms. The number of aromatic nitrogens is 2. The van der Waals surface area contributed by atoms with Gasteiger partial charge in [-0.25, -0.2) is 0 Å². The SMILES string of the molecule is COc1ccc2cnnc(NC3CCNCC3)c2c1. The molecule has 0 unspecified atom stereocenters. The fraction of sp³-hybridized carbons (Fsp3) is 0.429. The van der Waals surface area contributed by atoms with E-state index in [1.807, 2.05) is 18.2 Å². The third kappa shape index (κ3) is 2.61. The van der Waals surface area contributed by atoms with Crippen LogP contribution in [0.3, 0.4) is 0 Å². The summed E-state index contributed by atoms with van der Waals surface area (Å²) in [5.41, 5.74) is 0. The van der Waals surface area contributed by atoms with E-state index in [1.165, 1.54) is 0 Å². The van der Waals surface area contributed by atoms with Gasteiger partial charge in [-0.05, 0) is 44.1 Å². The Balaban J connectivity index is 1.92. The van der Waals surface area contributed by atoms with Crippen LogP contribution in [0.2, 0.25) is 0 Å². The lowest BCUT2D eigenvalue weighted by Gasteiger charge is -2.24. The van der Waals surface area contributed by atoms with E-state index in [4.69, 9.17) is 4.74 Å². The lowest BCUT2D eigenvalue weighted by Crippen LogP contribution is -2.35. The van der Waals surface area contributed by atoms with E-state index in [-0.39, 0.29) is 0 Å². The van der Waals surface area contributed by atoms with Crippen molar-refractivity contribution in [3.63, 3.8) is 0 Å². The molecule has 1 aliphatic rings. The second kappa shape index (κ2) is 5.40. The van der Waals surface area contributed by atoms with Crippen LogP contribution in [0.1, 0.15) is 12.8 Å². The number of rotatable bonds is 3. The molecule has 0 aliphatic carbocycles. The number of methoxy groups -OCH3 is 1. The van der Waals surface area contributed by atoms with Crippen LogP contribution in [0.5, 0.6) is 5.75 Å². The standard InChI is InChI=1S/C14H18N4O/c1-19-12-3-2-10-9-16-18-14(13(10)8-12)17-11-4-6-15-7-5-11/h2-3,8-9,11,15H,4-7H2,1H3,(H,17,18). The van der Waals surface area contributed by atoms with Crippen LogP contribution >= 0.6 is 0 Å². The van der Waals surface area contributed by atoms with E-state index in [2.05, 4.69) is 20.8 Å². The van der Waals surface area contributed by atoms with Gasteiger partial charge in [0.2, 0.25) is 0 Å². The second-order valence-corrected chi connectivity index (χ2v) is 4.81. The zero-order valence-corrected chi connectivity index (χ0v) is 11.0. The molecule has 1 fully saturated rings. The van der Waals surface area contributed by atoms with Gasteiger partial charge >= 0.3 is 0 Å². The van der Waals surface area contributed by atoms with Gasteiger partial charge in [0.15, 0.2) is 5.82 Å². The van der Waals surface area contributed by atoms with Crippen molar-refractivity contribution in [2.75, 3.05) is 25.5 Å². The van der Waals surface area contributed by atoms with Crippen molar-refractivity contribution in [3.8, 4) is 5.75 Å². The first kappa shape index (κ1) is 12.2. The summed E-state index contributed by atoms with van der Waals surface area (Å²) < 4.78 is 5.28. The lowest BCUT2D eigenvalue weighted by molar-refractivity contribution is 0.415. The molecule has 2 heterocycles. The Labute approximate surface area is 112 Å². The summed E-state index contributed by atoms with van der Waals surface area (Å²) in [7, 11) is 1.68. The first-order valence-electron chi connectivity index (χ1n) is 6.63. The maximum absolute atomic E-state index is 5.28. The molecule has 100 valence electrons. The molecule has 0 saturated carbocycles. The lowest BCUT2D eigenvalue weighted by atomic mass is 10.1. The van der Waals surface area contributed by atoms with Crippen molar-refractivity contribution >= 4 is 16.6 Å². The Hall–Kier alpha value is -1.88. The van der Waals surface area contributed by atoms with Crippen molar-refractivity contribution < 1.29 is 4.74 Å². The molecule has 0 atom stereocenters. The number of benzene rings is 1. The molecular weight excluding hydrogens is 240 g/mol. The first-order valence-corrected chi connectivity index (χ1v) is 6.63. The first-order chi connectivity index (χ1) is 9.36. The van der Waals surface area contributed by atoms with Crippen molar-refractivity contribution in [2.45, 2.75) is 18.9 Å². The monoisotopic (exact) mass is 258 g/mol. The molecule has 5 nitrogen and oxygen atoms in total. The molecule has 1 aliphatic heterocycles. The number of nitrogens with one attached hydrogen (secondary N) is 2. The van der Waals surface area contributed by atoms with Crippen LogP contribution in [0.4, 0.5) is 5.82 Å². The maximum atomic E-state index is 5.28. The Morgan fingerprint density at radius 2 is 2.16 bits per heavy atom. The predicted molar refractivity (Wildman–Crippen MR) is 75.6 cm³/mol. The smallest absolute Gasteiger partial charge is 0.156 e. The van der Waals surface area contributed by atoms with Crippen molar-refractivity contribution in [1.82, 2.24) is 15.5 Å². The molecule has 1 saturated heterocycles. The average molecular weight is 258 g/mol. The Morgan fingerprint density at radius 3 is 2.95 bits per heavy atom. The molecule has 0 radical (unpaired) electrons. The Morgan fingerprint density at radius 1 is 1.32 bits per heavy atom.